The number of aliphatic carboxylic acids is 1. The quantitative estimate of drug-likeness (QED) is 0.605. The van der Waals surface area contributed by atoms with E-state index in [0.29, 0.717) is 0 Å². The van der Waals surface area contributed by atoms with Crippen molar-refractivity contribution < 1.29 is 24.5 Å². The number of aliphatic hydroxyl groups excluding tert-OH is 1. The van der Waals surface area contributed by atoms with E-state index in [1.807, 2.05) is 0 Å². The molecule has 3 N–H and O–H groups in total. The lowest BCUT2D eigenvalue weighted by Gasteiger charge is -2.21. The molecule has 0 heterocycles. The van der Waals surface area contributed by atoms with Crippen molar-refractivity contribution >= 4 is 12.1 Å². The van der Waals surface area contributed by atoms with Gasteiger partial charge in [0.25, 0.3) is 0 Å². The van der Waals surface area contributed by atoms with E-state index < -0.39 is 23.9 Å². The highest BCUT2D eigenvalue weighted by molar-refractivity contribution is 5.68. The number of aliphatic hydroxyl groups is 1. The lowest BCUT2D eigenvalue weighted by Crippen LogP contribution is -2.39. The molecule has 6 heteroatoms. The van der Waals surface area contributed by atoms with Gasteiger partial charge in [0.15, 0.2) is 0 Å². The fraction of sp³-hybridized carbons (Fsp3) is 0.778. The van der Waals surface area contributed by atoms with Gasteiger partial charge < -0.3 is 14.9 Å². The van der Waals surface area contributed by atoms with Crippen LogP contribution in [0.4, 0.5) is 4.79 Å². The Morgan fingerprint density at radius 3 is 2.33 bits per heavy atom. The van der Waals surface area contributed by atoms with Crippen LogP contribution in [0.15, 0.2) is 0 Å². The molecule has 0 radical (unpaired) electrons. The predicted molar refractivity (Wildman–Crippen MR) is 52.2 cm³/mol. The lowest BCUT2D eigenvalue weighted by molar-refractivity contribution is -0.137. The van der Waals surface area contributed by atoms with Crippen LogP contribution in [0.3, 0.4) is 0 Å². The second-order valence-corrected chi connectivity index (χ2v) is 4.09. The number of alkyl carbamates (subject to hydrolysis) is 1. The zero-order valence-electron chi connectivity index (χ0n) is 9.11. The molecule has 0 aliphatic carbocycles. The number of hydrogen-bond acceptors (Lipinski definition) is 4. The minimum atomic E-state index is -1.20. The molecular weight excluding hydrogens is 202 g/mol. The fourth-order valence-electron chi connectivity index (χ4n) is 0.776. The van der Waals surface area contributed by atoms with E-state index in [2.05, 4.69) is 5.32 Å². The van der Waals surface area contributed by atoms with Gasteiger partial charge in [-0.3, -0.25) is 10.1 Å². The number of hydrogen-bond donors (Lipinski definition) is 3. The molecule has 1 atom stereocenters. The second-order valence-electron chi connectivity index (χ2n) is 4.09. The molecule has 0 rings (SSSR count). The molecule has 1 unspecified atom stereocenters. The molecule has 0 aromatic rings. The molecule has 88 valence electrons. The average Bonchev–Trinajstić information content (AvgIpc) is 1.96. The molecular formula is C9H17NO5. The van der Waals surface area contributed by atoms with Gasteiger partial charge in [0, 0.05) is 12.8 Å². The van der Waals surface area contributed by atoms with Crippen LogP contribution in [0, 0.1) is 0 Å². The first kappa shape index (κ1) is 13.7. The van der Waals surface area contributed by atoms with E-state index >= 15 is 0 Å². The number of ether oxygens (including phenoxy) is 1. The van der Waals surface area contributed by atoms with Gasteiger partial charge in [-0.2, -0.15) is 0 Å². The molecule has 0 aliphatic rings. The van der Waals surface area contributed by atoms with E-state index in [1.54, 1.807) is 20.8 Å². The van der Waals surface area contributed by atoms with Gasteiger partial charge in [-0.15, -0.1) is 0 Å². The number of carbonyl (C=O) groups is 2. The molecule has 0 saturated heterocycles. The Morgan fingerprint density at radius 1 is 1.40 bits per heavy atom. The maximum atomic E-state index is 11.1. The summed E-state index contributed by atoms with van der Waals surface area (Å²) < 4.78 is 4.86. The summed E-state index contributed by atoms with van der Waals surface area (Å²) in [7, 11) is 0. The third kappa shape index (κ3) is 9.01. The lowest BCUT2D eigenvalue weighted by atomic mass is 10.2. The van der Waals surface area contributed by atoms with Crippen LogP contribution in [-0.4, -0.2) is 34.1 Å². The highest BCUT2D eigenvalue weighted by atomic mass is 16.6. The van der Waals surface area contributed by atoms with Gasteiger partial charge in [0.1, 0.15) is 11.8 Å². The van der Waals surface area contributed by atoms with E-state index in [9.17, 15) is 14.7 Å². The van der Waals surface area contributed by atoms with Crippen LogP contribution in [0.5, 0.6) is 0 Å². The standard InChI is InChI=1S/C9H17NO5/c1-9(2,3)15-8(14)10-6(11)4-5-7(12)13/h6,11H,4-5H2,1-3H3,(H,10,14)(H,12,13). The van der Waals surface area contributed by atoms with Gasteiger partial charge in [-0.25, -0.2) is 4.79 Å². The summed E-state index contributed by atoms with van der Waals surface area (Å²) in [6.45, 7) is 5.07. The van der Waals surface area contributed by atoms with Crippen molar-refractivity contribution in [2.45, 2.75) is 45.4 Å². The van der Waals surface area contributed by atoms with Crippen molar-refractivity contribution in [3.8, 4) is 0 Å². The Kier molecular flexibility index (Phi) is 5.07. The Hall–Kier alpha value is -1.30. The summed E-state index contributed by atoms with van der Waals surface area (Å²) in [5, 5.41) is 19.6. The number of carboxylic acids is 1. The van der Waals surface area contributed by atoms with Crippen LogP contribution >= 0.6 is 0 Å². The minimum Gasteiger partial charge on any atom is -0.481 e. The highest BCUT2D eigenvalue weighted by Gasteiger charge is 2.18. The zero-order chi connectivity index (χ0) is 12.1. The first-order valence-electron chi connectivity index (χ1n) is 4.60. The number of carboxylic acid groups (broad SMARTS) is 1. The summed E-state index contributed by atoms with van der Waals surface area (Å²) in [5.74, 6) is -1.03. The molecule has 0 spiro atoms. The first-order valence-corrected chi connectivity index (χ1v) is 4.60. The molecule has 1 amide bonds. The van der Waals surface area contributed by atoms with E-state index in [1.165, 1.54) is 0 Å². The van der Waals surface area contributed by atoms with Crippen molar-refractivity contribution in [1.29, 1.82) is 0 Å². The molecule has 0 fully saturated rings. The fourth-order valence-corrected chi connectivity index (χ4v) is 0.776. The van der Waals surface area contributed by atoms with Crippen LogP contribution in [-0.2, 0) is 9.53 Å². The predicted octanol–water partition coefficient (Wildman–Crippen LogP) is 0.694. The van der Waals surface area contributed by atoms with Crippen molar-refractivity contribution in [2.24, 2.45) is 0 Å². The van der Waals surface area contributed by atoms with Gasteiger partial charge in [0.2, 0.25) is 0 Å². The number of amides is 1. The van der Waals surface area contributed by atoms with Crippen LogP contribution in [0.1, 0.15) is 33.6 Å². The molecule has 0 saturated carbocycles. The maximum absolute atomic E-state index is 11.1. The second kappa shape index (κ2) is 5.55. The SMILES string of the molecule is CC(C)(C)OC(=O)NC(O)CCC(=O)O. The smallest absolute Gasteiger partial charge is 0.409 e. The van der Waals surface area contributed by atoms with Crippen molar-refractivity contribution in [1.82, 2.24) is 5.32 Å². The molecule has 0 bridgehead atoms. The maximum Gasteiger partial charge on any atom is 0.409 e. The average molecular weight is 219 g/mol. The van der Waals surface area contributed by atoms with Gasteiger partial charge in [-0.1, -0.05) is 0 Å². The largest absolute Gasteiger partial charge is 0.481 e. The number of rotatable bonds is 4. The molecule has 0 aromatic heterocycles. The summed E-state index contributed by atoms with van der Waals surface area (Å²) in [6, 6.07) is 0. The van der Waals surface area contributed by atoms with Gasteiger partial charge >= 0.3 is 12.1 Å². The first-order chi connectivity index (χ1) is 6.70. The van der Waals surface area contributed by atoms with Crippen molar-refractivity contribution in [3.63, 3.8) is 0 Å². The van der Waals surface area contributed by atoms with E-state index in [-0.39, 0.29) is 12.8 Å². The molecule has 15 heavy (non-hydrogen) atoms. The third-order valence-corrected chi connectivity index (χ3v) is 1.31. The Balaban J connectivity index is 3.81. The van der Waals surface area contributed by atoms with Crippen LogP contribution < -0.4 is 5.32 Å². The summed E-state index contributed by atoms with van der Waals surface area (Å²) >= 11 is 0. The summed E-state index contributed by atoms with van der Waals surface area (Å²) in [5.41, 5.74) is -0.642. The highest BCUT2D eigenvalue weighted by Crippen LogP contribution is 2.07. The Bertz CT molecular complexity index is 233. The normalized spacial score (nSPS) is 13.1. The Labute approximate surface area is 88.2 Å². The zero-order valence-corrected chi connectivity index (χ0v) is 9.11. The number of carbonyl (C=O) groups excluding carboxylic acids is 1. The summed E-state index contributed by atoms with van der Waals surface area (Å²) in [4.78, 5) is 21.2. The minimum absolute atomic E-state index is 0.0470. The third-order valence-electron chi connectivity index (χ3n) is 1.31. The van der Waals surface area contributed by atoms with Crippen LogP contribution in [0.25, 0.3) is 0 Å². The van der Waals surface area contributed by atoms with Gasteiger partial charge in [0.05, 0.1) is 0 Å². The van der Waals surface area contributed by atoms with Crippen molar-refractivity contribution in [3.05, 3.63) is 0 Å². The van der Waals surface area contributed by atoms with E-state index in [0.717, 1.165) is 0 Å². The molecule has 6 nitrogen and oxygen atoms in total. The number of nitrogens with one attached hydrogen (secondary N) is 1. The molecule has 0 aliphatic heterocycles. The summed E-state index contributed by atoms with van der Waals surface area (Å²) in [6.07, 6.45) is -2.22. The Morgan fingerprint density at radius 2 is 1.93 bits per heavy atom. The van der Waals surface area contributed by atoms with E-state index in [4.69, 9.17) is 9.84 Å². The van der Waals surface area contributed by atoms with Crippen molar-refractivity contribution in [2.75, 3.05) is 0 Å². The molecule has 0 aromatic carbocycles. The topological polar surface area (TPSA) is 95.9 Å². The monoisotopic (exact) mass is 219 g/mol. The van der Waals surface area contributed by atoms with Gasteiger partial charge in [-0.05, 0) is 20.8 Å². The van der Waals surface area contributed by atoms with Crippen LogP contribution in [0.2, 0.25) is 0 Å².